The SMILES string of the molecule is CNC(C)C(C)Cc1ccc(Br)cc1. The average Bonchev–Trinajstić information content (AvgIpc) is 2.20. The first-order valence-electron chi connectivity index (χ1n) is 5.05. The first-order chi connectivity index (χ1) is 6.63. The Morgan fingerprint density at radius 2 is 1.79 bits per heavy atom. The highest BCUT2D eigenvalue weighted by Crippen LogP contribution is 2.15. The number of benzene rings is 1. The first-order valence-corrected chi connectivity index (χ1v) is 5.84. The predicted molar refractivity (Wildman–Crippen MR) is 65.5 cm³/mol. The molecule has 0 fully saturated rings. The Labute approximate surface area is 95.0 Å². The molecule has 0 saturated carbocycles. The molecule has 2 atom stereocenters. The zero-order valence-corrected chi connectivity index (χ0v) is 10.6. The van der Waals surface area contributed by atoms with Crippen LogP contribution in [-0.4, -0.2) is 13.1 Å². The van der Waals surface area contributed by atoms with Gasteiger partial charge < -0.3 is 5.32 Å². The van der Waals surface area contributed by atoms with Crippen LogP contribution in [-0.2, 0) is 6.42 Å². The second-order valence-electron chi connectivity index (χ2n) is 3.89. The van der Waals surface area contributed by atoms with Crippen LogP contribution in [0.25, 0.3) is 0 Å². The molecule has 1 aromatic rings. The molecule has 0 amide bonds. The van der Waals surface area contributed by atoms with Gasteiger partial charge in [0.25, 0.3) is 0 Å². The van der Waals surface area contributed by atoms with E-state index in [0.717, 1.165) is 10.9 Å². The van der Waals surface area contributed by atoms with Crippen LogP contribution < -0.4 is 5.32 Å². The summed E-state index contributed by atoms with van der Waals surface area (Å²) in [5, 5.41) is 3.29. The van der Waals surface area contributed by atoms with Crippen molar-refractivity contribution in [1.82, 2.24) is 5.32 Å². The van der Waals surface area contributed by atoms with Crippen LogP contribution in [0.3, 0.4) is 0 Å². The van der Waals surface area contributed by atoms with Crippen molar-refractivity contribution in [1.29, 1.82) is 0 Å². The molecule has 1 N–H and O–H groups in total. The van der Waals surface area contributed by atoms with Crippen molar-refractivity contribution in [3.05, 3.63) is 34.3 Å². The van der Waals surface area contributed by atoms with Crippen molar-refractivity contribution in [2.45, 2.75) is 26.3 Å². The molecule has 2 unspecified atom stereocenters. The summed E-state index contributed by atoms with van der Waals surface area (Å²) in [6.07, 6.45) is 1.13. The fraction of sp³-hybridized carbons (Fsp3) is 0.500. The van der Waals surface area contributed by atoms with Gasteiger partial charge in [-0.1, -0.05) is 35.0 Å². The van der Waals surface area contributed by atoms with Crippen molar-refractivity contribution < 1.29 is 0 Å². The third-order valence-corrected chi connectivity index (χ3v) is 3.31. The quantitative estimate of drug-likeness (QED) is 0.872. The maximum absolute atomic E-state index is 3.44. The Morgan fingerprint density at radius 1 is 1.21 bits per heavy atom. The van der Waals surface area contributed by atoms with Crippen LogP contribution in [0.5, 0.6) is 0 Å². The fourth-order valence-corrected chi connectivity index (χ4v) is 1.72. The second kappa shape index (κ2) is 5.52. The molecule has 0 saturated heterocycles. The number of rotatable bonds is 4. The van der Waals surface area contributed by atoms with E-state index in [1.807, 2.05) is 7.05 Å². The van der Waals surface area contributed by atoms with Gasteiger partial charge in [0.1, 0.15) is 0 Å². The van der Waals surface area contributed by atoms with Gasteiger partial charge in [-0.3, -0.25) is 0 Å². The van der Waals surface area contributed by atoms with E-state index in [0.29, 0.717) is 12.0 Å². The van der Waals surface area contributed by atoms with Crippen LogP contribution >= 0.6 is 15.9 Å². The summed E-state index contributed by atoms with van der Waals surface area (Å²) in [6.45, 7) is 4.51. The molecule has 1 rings (SSSR count). The van der Waals surface area contributed by atoms with Crippen molar-refractivity contribution >= 4 is 15.9 Å². The van der Waals surface area contributed by atoms with E-state index in [-0.39, 0.29) is 0 Å². The highest BCUT2D eigenvalue weighted by atomic mass is 79.9. The summed E-state index contributed by atoms with van der Waals surface area (Å²) in [5.74, 6) is 0.668. The van der Waals surface area contributed by atoms with Gasteiger partial charge in [-0.15, -0.1) is 0 Å². The molecule has 2 heteroatoms. The van der Waals surface area contributed by atoms with Crippen molar-refractivity contribution in [2.24, 2.45) is 5.92 Å². The molecular weight excluding hydrogens is 238 g/mol. The van der Waals surface area contributed by atoms with Crippen LogP contribution in [0.1, 0.15) is 19.4 Å². The highest BCUT2D eigenvalue weighted by molar-refractivity contribution is 9.10. The molecule has 0 bridgehead atoms. The Hall–Kier alpha value is -0.340. The maximum Gasteiger partial charge on any atom is 0.0175 e. The molecule has 0 aliphatic heterocycles. The molecule has 14 heavy (non-hydrogen) atoms. The van der Waals surface area contributed by atoms with Crippen molar-refractivity contribution in [3.8, 4) is 0 Å². The van der Waals surface area contributed by atoms with E-state index in [1.54, 1.807) is 0 Å². The van der Waals surface area contributed by atoms with E-state index >= 15 is 0 Å². The number of nitrogens with one attached hydrogen (secondary N) is 1. The summed E-state index contributed by atoms with van der Waals surface area (Å²) in [4.78, 5) is 0. The number of hydrogen-bond acceptors (Lipinski definition) is 1. The Bertz CT molecular complexity index is 268. The molecule has 0 aromatic heterocycles. The van der Waals surface area contributed by atoms with E-state index in [9.17, 15) is 0 Å². The van der Waals surface area contributed by atoms with Gasteiger partial charge in [0.05, 0.1) is 0 Å². The van der Waals surface area contributed by atoms with E-state index < -0.39 is 0 Å². The van der Waals surface area contributed by atoms with E-state index in [4.69, 9.17) is 0 Å². The minimum absolute atomic E-state index is 0.568. The maximum atomic E-state index is 3.44. The minimum atomic E-state index is 0.568. The highest BCUT2D eigenvalue weighted by Gasteiger charge is 2.10. The van der Waals surface area contributed by atoms with Gasteiger partial charge in [-0.2, -0.15) is 0 Å². The lowest BCUT2D eigenvalue weighted by Gasteiger charge is -2.19. The summed E-state index contributed by atoms with van der Waals surface area (Å²) >= 11 is 3.44. The molecule has 0 aliphatic rings. The van der Waals surface area contributed by atoms with Gasteiger partial charge in [-0.05, 0) is 44.0 Å². The third kappa shape index (κ3) is 3.43. The summed E-state index contributed by atoms with van der Waals surface area (Å²) in [7, 11) is 2.02. The fourth-order valence-electron chi connectivity index (χ4n) is 1.45. The minimum Gasteiger partial charge on any atom is -0.317 e. The lowest BCUT2D eigenvalue weighted by atomic mass is 9.95. The predicted octanol–water partition coefficient (Wildman–Crippen LogP) is 3.24. The summed E-state index contributed by atoms with van der Waals surface area (Å²) in [6, 6.07) is 9.14. The molecule has 0 aliphatic carbocycles. The lowest BCUT2D eigenvalue weighted by Crippen LogP contribution is -2.29. The smallest absolute Gasteiger partial charge is 0.0175 e. The molecular formula is C12H18BrN. The van der Waals surface area contributed by atoms with Crippen LogP contribution in [0.4, 0.5) is 0 Å². The van der Waals surface area contributed by atoms with E-state index in [1.165, 1.54) is 5.56 Å². The monoisotopic (exact) mass is 255 g/mol. The molecule has 0 heterocycles. The van der Waals surface area contributed by atoms with Gasteiger partial charge in [0.15, 0.2) is 0 Å². The largest absolute Gasteiger partial charge is 0.317 e. The van der Waals surface area contributed by atoms with E-state index in [2.05, 4.69) is 59.4 Å². The molecule has 0 spiro atoms. The average molecular weight is 256 g/mol. The van der Waals surface area contributed by atoms with Gasteiger partial charge in [-0.25, -0.2) is 0 Å². The Balaban J connectivity index is 2.56. The van der Waals surface area contributed by atoms with Crippen LogP contribution in [0.15, 0.2) is 28.7 Å². The second-order valence-corrected chi connectivity index (χ2v) is 4.80. The summed E-state index contributed by atoms with van der Waals surface area (Å²) in [5.41, 5.74) is 1.41. The number of hydrogen-bond donors (Lipinski definition) is 1. The Kier molecular flexibility index (Phi) is 4.63. The lowest BCUT2D eigenvalue weighted by molar-refractivity contribution is 0.424. The van der Waals surface area contributed by atoms with Crippen LogP contribution in [0, 0.1) is 5.92 Å². The van der Waals surface area contributed by atoms with Gasteiger partial charge >= 0.3 is 0 Å². The third-order valence-electron chi connectivity index (χ3n) is 2.78. The normalized spacial score (nSPS) is 15.1. The zero-order valence-electron chi connectivity index (χ0n) is 9.05. The number of halogens is 1. The van der Waals surface area contributed by atoms with Crippen LogP contribution in [0.2, 0.25) is 0 Å². The first kappa shape index (κ1) is 11.7. The molecule has 0 radical (unpaired) electrons. The molecule has 78 valence electrons. The Morgan fingerprint density at radius 3 is 2.29 bits per heavy atom. The van der Waals surface area contributed by atoms with Gasteiger partial charge in [0.2, 0.25) is 0 Å². The van der Waals surface area contributed by atoms with Crippen molar-refractivity contribution in [2.75, 3.05) is 7.05 Å². The van der Waals surface area contributed by atoms with Gasteiger partial charge in [0, 0.05) is 10.5 Å². The molecule has 1 nitrogen and oxygen atoms in total. The summed E-state index contributed by atoms with van der Waals surface area (Å²) < 4.78 is 1.15. The standard InChI is InChI=1S/C12H18BrN/c1-9(10(2)14-3)8-11-4-6-12(13)7-5-11/h4-7,9-10,14H,8H2,1-3H3. The molecule has 1 aromatic carbocycles. The van der Waals surface area contributed by atoms with Crippen molar-refractivity contribution in [3.63, 3.8) is 0 Å². The zero-order chi connectivity index (χ0) is 10.6. The topological polar surface area (TPSA) is 12.0 Å².